The van der Waals surface area contributed by atoms with E-state index in [1.807, 2.05) is 18.2 Å². The third-order valence-corrected chi connectivity index (χ3v) is 5.16. The predicted molar refractivity (Wildman–Crippen MR) is 92.0 cm³/mol. The van der Waals surface area contributed by atoms with Gasteiger partial charge in [0.05, 0.1) is 11.8 Å². The number of nitrogens with zero attached hydrogens (tertiary/aromatic N) is 2. The fourth-order valence-corrected chi connectivity index (χ4v) is 3.76. The van der Waals surface area contributed by atoms with Crippen LogP contribution in [0.3, 0.4) is 0 Å². The number of hydrogen-bond donors (Lipinski definition) is 1. The first-order chi connectivity index (χ1) is 12.1. The molecule has 0 saturated carbocycles. The number of carboxylic acids is 1. The van der Waals surface area contributed by atoms with Crippen LogP contribution in [-0.2, 0) is 9.59 Å². The summed E-state index contributed by atoms with van der Waals surface area (Å²) in [4.78, 5) is 40.1. The first-order valence-electron chi connectivity index (χ1n) is 8.92. The molecule has 2 aliphatic rings. The van der Waals surface area contributed by atoms with Crippen LogP contribution in [0.1, 0.15) is 36.0 Å². The lowest BCUT2D eigenvalue weighted by Gasteiger charge is -2.37. The minimum atomic E-state index is -0.831. The number of carboxylic acid groups (broad SMARTS) is 1. The molecule has 0 aromatic heterocycles. The van der Waals surface area contributed by atoms with Crippen molar-refractivity contribution in [3.63, 3.8) is 0 Å². The van der Waals surface area contributed by atoms with Crippen molar-refractivity contribution in [1.82, 2.24) is 9.80 Å². The zero-order valence-electron chi connectivity index (χ0n) is 14.3. The molecule has 0 bridgehead atoms. The Morgan fingerprint density at radius 2 is 1.48 bits per heavy atom. The summed E-state index contributed by atoms with van der Waals surface area (Å²) in [6.07, 6.45) is 2.90. The second-order valence-corrected chi connectivity index (χ2v) is 6.92. The molecule has 6 heteroatoms. The molecule has 0 spiro atoms. The molecule has 2 atom stereocenters. The molecule has 1 aromatic rings. The predicted octanol–water partition coefficient (Wildman–Crippen LogP) is 1.86. The fourth-order valence-electron chi connectivity index (χ4n) is 3.76. The molecule has 0 unspecified atom stereocenters. The van der Waals surface area contributed by atoms with Crippen LogP contribution in [0.5, 0.6) is 0 Å². The van der Waals surface area contributed by atoms with Crippen LogP contribution in [0.25, 0.3) is 0 Å². The summed E-state index contributed by atoms with van der Waals surface area (Å²) >= 11 is 0. The van der Waals surface area contributed by atoms with Gasteiger partial charge in [0.25, 0.3) is 5.91 Å². The molecule has 0 radical (unpaired) electrons. The summed E-state index contributed by atoms with van der Waals surface area (Å²) in [6, 6.07) is 9.11. The molecule has 3 rings (SSSR count). The Kier molecular flexibility index (Phi) is 5.36. The average Bonchev–Trinajstić information content (AvgIpc) is 2.67. The molecule has 0 aliphatic carbocycles. The first-order valence-corrected chi connectivity index (χ1v) is 8.92. The molecule has 134 valence electrons. The molecule has 2 saturated heterocycles. The normalized spacial score (nSPS) is 24.0. The van der Waals surface area contributed by atoms with Gasteiger partial charge in [-0.2, -0.15) is 0 Å². The van der Waals surface area contributed by atoms with Crippen LogP contribution in [0.15, 0.2) is 30.3 Å². The van der Waals surface area contributed by atoms with Crippen LogP contribution in [-0.4, -0.2) is 58.9 Å². The van der Waals surface area contributed by atoms with Gasteiger partial charge < -0.3 is 14.9 Å². The van der Waals surface area contributed by atoms with E-state index in [1.54, 1.807) is 21.9 Å². The van der Waals surface area contributed by atoms with E-state index in [0.717, 1.165) is 19.3 Å². The molecule has 2 fully saturated rings. The van der Waals surface area contributed by atoms with E-state index in [2.05, 4.69) is 0 Å². The van der Waals surface area contributed by atoms with Crippen molar-refractivity contribution < 1.29 is 19.5 Å². The number of benzene rings is 1. The lowest BCUT2D eigenvalue weighted by Crippen LogP contribution is -2.49. The van der Waals surface area contributed by atoms with Crippen molar-refractivity contribution in [3.8, 4) is 0 Å². The Morgan fingerprint density at radius 3 is 2.16 bits per heavy atom. The zero-order chi connectivity index (χ0) is 17.8. The first kappa shape index (κ1) is 17.5. The van der Waals surface area contributed by atoms with Crippen LogP contribution in [0.2, 0.25) is 0 Å². The second kappa shape index (κ2) is 7.68. The van der Waals surface area contributed by atoms with Crippen molar-refractivity contribution in [3.05, 3.63) is 35.9 Å². The van der Waals surface area contributed by atoms with Gasteiger partial charge in [0.15, 0.2) is 0 Å². The molecule has 1 N–H and O–H groups in total. The Bertz CT molecular complexity index is 646. The number of likely N-dealkylation sites (tertiary alicyclic amines) is 2. The number of carbonyl (C=O) groups excluding carboxylic acids is 2. The monoisotopic (exact) mass is 344 g/mol. The number of rotatable bonds is 3. The Morgan fingerprint density at radius 1 is 0.880 bits per heavy atom. The minimum absolute atomic E-state index is 0.00323. The average molecular weight is 344 g/mol. The van der Waals surface area contributed by atoms with E-state index >= 15 is 0 Å². The standard InChI is InChI=1S/C19H24N2O4/c22-17(14-6-2-1-3-7-14)20-10-4-8-15(12-20)18(23)21-11-5-9-16(13-21)19(24)25/h1-3,6-7,15-16H,4-5,8-13H2,(H,24,25)/t15-,16-/m1/s1. The smallest absolute Gasteiger partial charge is 0.308 e. The topological polar surface area (TPSA) is 77.9 Å². The highest BCUT2D eigenvalue weighted by molar-refractivity contribution is 5.94. The summed E-state index contributed by atoms with van der Waals surface area (Å²) in [7, 11) is 0. The molecule has 2 heterocycles. The summed E-state index contributed by atoms with van der Waals surface area (Å²) in [5.74, 6) is -1.57. The van der Waals surface area contributed by atoms with E-state index < -0.39 is 11.9 Å². The lowest BCUT2D eigenvalue weighted by molar-refractivity contribution is -0.147. The van der Waals surface area contributed by atoms with E-state index in [0.29, 0.717) is 31.6 Å². The van der Waals surface area contributed by atoms with Crippen molar-refractivity contribution in [2.45, 2.75) is 25.7 Å². The fraction of sp³-hybridized carbons (Fsp3) is 0.526. The van der Waals surface area contributed by atoms with Crippen molar-refractivity contribution >= 4 is 17.8 Å². The highest BCUT2D eigenvalue weighted by Gasteiger charge is 2.34. The van der Waals surface area contributed by atoms with Gasteiger partial charge in [-0.3, -0.25) is 14.4 Å². The highest BCUT2D eigenvalue weighted by atomic mass is 16.4. The summed E-state index contributed by atoms with van der Waals surface area (Å²) in [5, 5.41) is 9.20. The summed E-state index contributed by atoms with van der Waals surface area (Å²) in [6.45, 7) is 1.99. The van der Waals surface area contributed by atoms with Gasteiger partial charge in [-0.1, -0.05) is 18.2 Å². The maximum absolute atomic E-state index is 12.8. The number of carbonyl (C=O) groups is 3. The molecule has 6 nitrogen and oxygen atoms in total. The summed E-state index contributed by atoms with van der Waals surface area (Å²) < 4.78 is 0. The van der Waals surface area contributed by atoms with E-state index in [1.165, 1.54) is 0 Å². The third kappa shape index (κ3) is 4.00. The third-order valence-electron chi connectivity index (χ3n) is 5.16. The van der Waals surface area contributed by atoms with Gasteiger partial charge in [0, 0.05) is 31.7 Å². The maximum Gasteiger partial charge on any atom is 0.308 e. The molecule has 2 amide bonds. The number of piperidine rings is 2. The number of amides is 2. The van der Waals surface area contributed by atoms with E-state index in [-0.39, 0.29) is 24.3 Å². The molecular formula is C19H24N2O4. The quantitative estimate of drug-likeness (QED) is 0.908. The number of aliphatic carboxylic acids is 1. The van der Waals surface area contributed by atoms with Gasteiger partial charge in [-0.25, -0.2) is 0 Å². The van der Waals surface area contributed by atoms with Crippen LogP contribution < -0.4 is 0 Å². The molecule has 2 aliphatic heterocycles. The van der Waals surface area contributed by atoms with Gasteiger partial charge >= 0.3 is 5.97 Å². The number of hydrogen-bond acceptors (Lipinski definition) is 3. The zero-order valence-corrected chi connectivity index (χ0v) is 14.3. The van der Waals surface area contributed by atoms with Crippen LogP contribution in [0.4, 0.5) is 0 Å². The van der Waals surface area contributed by atoms with Crippen molar-refractivity contribution in [2.75, 3.05) is 26.2 Å². The largest absolute Gasteiger partial charge is 0.481 e. The Balaban J connectivity index is 1.63. The Labute approximate surface area is 147 Å². The minimum Gasteiger partial charge on any atom is -0.481 e. The van der Waals surface area contributed by atoms with Crippen LogP contribution >= 0.6 is 0 Å². The van der Waals surface area contributed by atoms with E-state index in [4.69, 9.17) is 0 Å². The maximum atomic E-state index is 12.8. The lowest BCUT2D eigenvalue weighted by atomic mass is 9.92. The highest BCUT2D eigenvalue weighted by Crippen LogP contribution is 2.24. The van der Waals surface area contributed by atoms with Gasteiger partial charge in [-0.15, -0.1) is 0 Å². The van der Waals surface area contributed by atoms with Gasteiger partial charge in [0.1, 0.15) is 0 Å². The Hall–Kier alpha value is -2.37. The second-order valence-electron chi connectivity index (χ2n) is 6.92. The van der Waals surface area contributed by atoms with Crippen LogP contribution in [0, 0.1) is 11.8 Å². The van der Waals surface area contributed by atoms with E-state index in [9.17, 15) is 19.5 Å². The van der Waals surface area contributed by atoms with Crippen molar-refractivity contribution in [1.29, 1.82) is 0 Å². The molecule has 25 heavy (non-hydrogen) atoms. The SMILES string of the molecule is O=C(O)[C@@H]1CCCN(C(=O)[C@@H]2CCCN(C(=O)c3ccccc3)C2)C1. The molecule has 1 aromatic carbocycles. The van der Waals surface area contributed by atoms with Crippen molar-refractivity contribution in [2.24, 2.45) is 11.8 Å². The molecular weight excluding hydrogens is 320 g/mol. The van der Waals surface area contributed by atoms with Gasteiger partial charge in [0.2, 0.25) is 5.91 Å². The summed E-state index contributed by atoms with van der Waals surface area (Å²) in [5.41, 5.74) is 0.638. The van der Waals surface area contributed by atoms with Gasteiger partial charge in [-0.05, 0) is 37.8 Å².